The molecule has 1 aliphatic heterocycles. The van der Waals surface area contributed by atoms with Crippen LogP contribution in [0.1, 0.15) is 42.3 Å². The summed E-state index contributed by atoms with van der Waals surface area (Å²) in [6, 6.07) is 0. The molecular weight excluding hydrogens is 238 g/mol. The van der Waals surface area contributed by atoms with Gasteiger partial charge in [0.25, 0.3) is 0 Å². The van der Waals surface area contributed by atoms with Crippen LogP contribution >= 0.6 is 0 Å². The van der Waals surface area contributed by atoms with E-state index in [-0.39, 0.29) is 0 Å². The van der Waals surface area contributed by atoms with Crippen molar-refractivity contribution in [1.29, 1.82) is 0 Å². The molecule has 0 amide bonds. The first-order chi connectivity index (χ1) is 9.15. The van der Waals surface area contributed by atoms with Crippen molar-refractivity contribution in [2.45, 2.75) is 39.8 Å². The van der Waals surface area contributed by atoms with Crippen LogP contribution in [0.5, 0.6) is 0 Å². The Hall–Kier alpha value is -1.88. The van der Waals surface area contributed by atoms with Crippen molar-refractivity contribution in [2.24, 2.45) is 0 Å². The molecular formula is C14H17N5. The maximum Gasteiger partial charge on any atom is 0.198 e. The van der Waals surface area contributed by atoms with Crippen molar-refractivity contribution in [1.82, 2.24) is 25.3 Å². The van der Waals surface area contributed by atoms with Crippen LogP contribution in [0.25, 0.3) is 11.6 Å². The van der Waals surface area contributed by atoms with Crippen LogP contribution in [-0.4, -0.2) is 19.9 Å². The molecule has 0 atom stereocenters. The molecule has 0 aromatic carbocycles. The molecule has 0 spiro atoms. The van der Waals surface area contributed by atoms with E-state index in [2.05, 4.69) is 39.1 Å². The molecule has 5 nitrogen and oxygen atoms in total. The van der Waals surface area contributed by atoms with Crippen LogP contribution in [0.4, 0.5) is 0 Å². The lowest BCUT2D eigenvalue weighted by Gasteiger charge is -2.11. The highest BCUT2D eigenvalue weighted by Gasteiger charge is 2.21. The van der Waals surface area contributed by atoms with Gasteiger partial charge in [0.15, 0.2) is 11.6 Å². The number of rotatable bonds is 2. The van der Waals surface area contributed by atoms with E-state index in [9.17, 15) is 0 Å². The van der Waals surface area contributed by atoms with Crippen molar-refractivity contribution in [2.75, 3.05) is 0 Å². The number of aryl methyl sites for hydroxylation is 1. The summed E-state index contributed by atoms with van der Waals surface area (Å²) in [6.45, 7) is 7.94. The highest BCUT2D eigenvalue weighted by atomic mass is 15.0. The van der Waals surface area contributed by atoms with Gasteiger partial charge in [0.2, 0.25) is 0 Å². The topological polar surface area (TPSA) is 63.6 Å². The number of hydrogen-bond donors (Lipinski definition) is 1. The fraction of sp³-hybridized carbons (Fsp3) is 0.429. The molecule has 1 aliphatic rings. The van der Waals surface area contributed by atoms with E-state index in [4.69, 9.17) is 0 Å². The average molecular weight is 255 g/mol. The minimum atomic E-state index is 0.376. The maximum absolute atomic E-state index is 4.67. The van der Waals surface area contributed by atoms with Gasteiger partial charge >= 0.3 is 0 Å². The van der Waals surface area contributed by atoms with Gasteiger partial charge in [-0.2, -0.15) is 0 Å². The van der Waals surface area contributed by atoms with Crippen LogP contribution in [0, 0.1) is 6.92 Å². The molecule has 3 heterocycles. The fourth-order valence-electron chi connectivity index (χ4n) is 2.28. The highest BCUT2D eigenvalue weighted by molar-refractivity contribution is 5.46. The summed E-state index contributed by atoms with van der Waals surface area (Å²) in [4.78, 5) is 17.9. The summed E-state index contributed by atoms with van der Waals surface area (Å²) in [5.74, 6) is 1.61. The van der Waals surface area contributed by atoms with Gasteiger partial charge in [0.05, 0.1) is 11.4 Å². The first-order valence-corrected chi connectivity index (χ1v) is 6.54. The summed E-state index contributed by atoms with van der Waals surface area (Å²) in [5.41, 5.74) is 4.47. The largest absolute Gasteiger partial charge is 0.307 e. The predicted molar refractivity (Wildman–Crippen MR) is 72.4 cm³/mol. The number of nitrogens with zero attached hydrogens (tertiary/aromatic N) is 4. The molecule has 5 heteroatoms. The Labute approximate surface area is 112 Å². The Morgan fingerprint density at radius 1 is 1.05 bits per heavy atom. The summed E-state index contributed by atoms with van der Waals surface area (Å²) >= 11 is 0. The van der Waals surface area contributed by atoms with Gasteiger partial charge in [-0.05, 0) is 18.4 Å². The minimum absolute atomic E-state index is 0.376. The zero-order valence-electron chi connectivity index (χ0n) is 11.4. The number of nitrogens with one attached hydrogen (secondary N) is 1. The van der Waals surface area contributed by atoms with Gasteiger partial charge in [0, 0.05) is 31.0 Å². The normalized spacial score (nSPS) is 13.9. The average Bonchev–Trinajstić information content (AvgIpc) is 2.86. The molecule has 0 radical (unpaired) electrons. The van der Waals surface area contributed by atoms with E-state index in [0.717, 1.165) is 30.0 Å². The molecule has 1 N–H and O–H groups in total. The monoisotopic (exact) mass is 255 g/mol. The number of fused-ring (bicyclic) bond motifs is 1. The smallest absolute Gasteiger partial charge is 0.198 e. The Morgan fingerprint density at radius 3 is 2.47 bits per heavy atom. The van der Waals surface area contributed by atoms with E-state index in [1.807, 2.05) is 6.92 Å². The van der Waals surface area contributed by atoms with Crippen molar-refractivity contribution < 1.29 is 0 Å². The molecule has 2 aromatic rings. The van der Waals surface area contributed by atoms with E-state index < -0.39 is 0 Å². The molecule has 0 fully saturated rings. The zero-order chi connectivity index (χ0) is 13.4. The summed E-state index contributed by atoms with van der Waals surface area (Å²) < 4.78 is 0. The van der Waals surface area contributed by atoms with Gasteiger partial charge in [0.1, 0.15) is 0 Å². The summed E-state index contributed by atoms with van der Waals surface area (Å²) in [5, 5.41) is 3.33. The number of aromatic nitrogens is 4. The molecule has 98 valence electrons. The first-order valence-electron chi connectivity index (χ1n) is 6.54. The van der Waals surface area contributed by atoms with Crippen LogP contribution in [0.3, 0.4) is 0 Å². The second kappa shape index (κ2) is 4.66. The zero-order valence-corrected chi connectivity index (χ0v) is 11.4. The van der Waals surface area contributed by atoms with Gasteiger partial charge in [-0.3, -0.25) is 0 Å². The van der Waals surface area contributed by atoms with Gasteiger partial charge in [-0.25, -0.2) is 19.9 Å². The third-order valence-corrected chi connectivity index (χ3v) is 3.25. The molecule has 3 rings (SSSR count). The van der Waals surface area contributed by atoms with Crippen molar-refractivity contribution in [3.63, 3.8) is 0 Å². The molecule has 0 unspecified atom stereocenters. The molecule has 0 bridgehead atoms. The Bertz CT molecular complexity index is 604. The van der Waals surface area contributed by atoms with Crippen LogP contribution in [0.15, 0.2) is 12.4 Å². The Morgan fingerprint density at radius 2 is 1.79 bits per heavy atom. The quantitative estimate of drug-likeness (QED) is 0.888. The lowest BCUT2D eigenvalue weighted by atomic mass is 10.0. The van der Waals surface area contributed by atoms with Gasteiger partial charge in [-0.15, -0.1) is 0 Å². The molecule has 0 saturated carbocycles. The lowest BCUT2D eigenvalue weighted by molar-refractivity contribution is 0.746. The second-order valence-electron chi connectivity index (χ2n) is 5.20. The van der Waals surface area contributed by atoms with E-state index >= 15 is 0 Å². The van der Waals surface area contributed by atoms with Crippen molar-refractivity contribution >= 4 is 0 Å². The predicted octanol–water partition coefficient (Wildman–Crippen LogP) is 1.97. The SMILES string of the molecule is Cc1cnc(-c2nc3c(c(C(C)C)n2)CNC3)nc1. The van der Waals surface area contributed by atoms with Crippen LogP contribution in [0.2, 0.25) is 0 Å². The second-order valence-corrected chi connectivity index (χ2v) is 5.20. The van der Waals surface area contributed by atoms with E-state index in [0.29, 0.717) is 17.6 Å². The van der Waals surface area contributed by atoms with E-state index in [1.165, 1.54) is 5.56 Å². The highest BCUT2D eigenvalue weighted by Crippen LogP contribution is 2.25. The number of hydrogen-bond acceptors (Lipinski definition) is 5. The summed E-state index contributed by atoms with van der Waals surface area (Å²) in [6.07, 6.45) is 3.60. The maximum atomic E-state index is 4.67. The molecule has 0 saturated heterocycles. The van der Waals surface area contributed by atoms with Crippen molar-refractivity contribution in [3.8, 4) is 11.6 Å². The third-order valence-electron chi connectivity index (χ3n) is 3.25. The molecule has 0 aliphatic carbocycles. The summed E-state index contributed by atoms with van der Waals surface area (Å²) in [7, 11) is 0. The molecule has 2 aromatic heterocycles. The molecule has 19 heavy (non-hydrogen) atoms. The van der Waals surface area contributed by atoms with E-state index in [1.54, 1.807) is 12.4 Å². The Balaban J connectivity index is 2.12. The van der Waals surface area contributed by atoms with Crippen LogP contribution in [-0.2, 0) is 13.1 Å². The Kier molecular flexibility index (Phi) is 2.98. The third kappa shape index (κ3) is 2.21. The van der Waals surface area contributed by atoms with Gasteiger partial charge in [-0.1, -0.05) is 13.8 Å². The van der Waals surface area contributed by atoms with Crippen LogP contribution < -0.4 is 5.32 Å². The van der Waals surface area contributed by atoms with Gasteiger partial charge < -0.3 is 5.32 Å². The first kappa shape index (κ1) is 12.2. The lowest BCUT2D eigenvalue weighted by Crippen LogP contribution is -2.06. The standard InChI is InChI=1S/C14H17N5/c1-8(2)12-10-6-15-7-11(10)18-14(19-12)13-16-4-9(3)5-17-13/h4-5,8,15H,6-7H2,1-3H3. The fourth-order valence-corrected chi connectivity index (χ4v) is 2.28. The van der Waals surface area contributed by atoms with Crippen molar-refractivity contribution in [3.05, 3.63) is 34.9 Å². The minimum Gasteiger partial charge on any atom is -0.307 e.